The van der Waals surface area contributed by atoms with Crippen molar-refractivity contribution in [2.45, 2.75) is 57.9 Å². The average molecular weight is 475 g/mol. The third-order valence-corrected chi connectivity index (χ3v) is 7.78. The van der Waals surface area contributed by atoms with Crippen LogP contribution in [0.25, 0.3) is 10.4 Å². The van der Waals surface area contributed by atoms with Crippen molar-refractivity contribution in [2.24, 2.45) is 11.7 Å². The molecule has 1 aromatic heterocycles. The summed E-state index contributed by atoms with van der Waals surface area (Å²) in [6.07, 6.45) is 6.03. The number of carboxylic acids is 2. The minimum absolute atomic E-state index is 0.0431. The molecule has 1 saturated carbocycles. The van der Waals surface area contributed by atoms with E-state index in [2.05, 4.69) is 5.32 Å². The molecule has 33 heavy (non-hydrogen) atoms. The van der Waals surface area contributed by atoms with Gasteiger partial charge < -0.3 is 26.0 Å². The topological polar surface area (TPSA) is 139 Å². The van der Waals surface area contributed by atoms with Gasteiger partial charge in [-0.25, -0.2) is 14.4 Å². The normalized spacial score (nSPS) is 16.1. The Labute approximate surface area is 196 Å². The Hall–Kier alpha value is -3.07. The zero-order valence-corrected chi connectivity index (χ0v) is 19.7. The van der Waals surface area contributed by atoms with Gasteiger partial charge in [0.15, 0.2) is 11.5 Å². The maximum absolute atomic E-state index is 12.0. The second-order valence-electron chi connectivity index (χ2n) is 8.43. The van der Waals surface area contributed by atoms with Crippen LogP contribution in [0.3, 0.4) is 0 Å². The Morgan fingerprint density at radius 2 is 1.91 bits per heavy atom. The van der Waals surface area contributed by atoms with Crippen molar-refractivity contribution < 1.29 is 29.3 Å². The summed E-state index contributed by atoms with van der Waals surface area (Å²) >= 11 is 1.05. The first-order chi connectivity index (χ1) is 15.7. The van der Waals surface area contributed by atoms with Gasteiger partial charge in [0.25, 0.3) is 0 Å². The lowest BCUT2D eigenvalue weighted by Gasteiger charge is -2.43. The van der Waals surface area contributed by atoms with Gasteiger partial charge in [0.05, 0.1) is 5.54 Å². The predicted octanol–water partition coefficient (Wildman–Crippen LogP) is 4.74. The highest BCUT2D eigenvalue weighted by Crippen LogP contribution is 2.45. The molecule has 9 heteroatoms. The van der Waals surface area contributed by atoms with E-state index in [9.17, 15) is 19.5 Å². The smallest absolute Gasteiger partial charge is 0.349 e. The molecule has 178 valence electrons. The van der Waals surface area contributed by atoms with E-state index in [1.54, 1.807) is 6.92 Å². The summed E-state index contributed by atoms with van der Waals surface area (Å²) < 4.78 is 5.32. The van der Waals surface area contributed by atoms with E-state index in [0.29, 0.717) is 16.9 Å². The van der Waals surface area contributed by atoms with Crippen LogP contribution in [0, 0.1) is 12.8 Å². The lowest BCUT2D eigenvalue weighted by molar-refractivity contribution is -0.139. The second-order valence-corrected chi connectivity index (χ2v) is 9.45. The lowest BCUT2D eigenvalue weighted by atomic mass is 9.69. The molecule has 1 heterocycles. The van der Waals surface area contributed by atoms with E-state index in [-0.39, 0.29) is 16.5 Å². The third kappa shape index (κ3) is 5.13. The number of nitrogens with one attached hydrogen (secondary N) is 1. The average Bonchev–Trinajstić information content (AvgIpc) is 3.13. The fourth-order valence-electron chi connectivity index (χ4n) is 4.97. The molecule has 0 bridgehead atoms. The highest BCUT2D eigenvalue weighted by molar-refractivity contribution is 7.18. The van der Waals surface area contributed by atoms with Crippen LogP contribution in [0.1, 0.15) is 66.2 Å². The van der Waals surface area contributed by atoms with Crippen molar-refractivity contribution in [3.8, 4) is 16.2 Å². The molecule has 1 aliphatic carbocycles. The van der Waals surface area contributed by atoms with Gasteiger partial charge in [-0.05, 0) is 49.3 Å². The van der Waals surface area contributed by atoms with Crippen LogP contribution in [-0.2, 0) is 10.3 Å². The molecule has 1 unspecified atom stereocenters. The van der Waals surface area contributed by atoms with Crippen molar-refractivity contribution in [1.29, 1.82) is 0 Å². The molecular formula is C24H30N2O6S. The summed E-state index contributed by atoms with van der Waals surface area (Å²) in [5.41, 5.74) is 7.26. The number of aromatic carboxylic acids is 1. The largest absolute Gasteiger partial charge is 0.480 e. The van der Waals surface area contributed by atoms with Gasteiger partial charge in [0.1, 0.15) is 5.75 Å². The number of carboxylic acid groups (broad SMARTS) is 2. The zero-order valence-electron chi connectivity index (χ0n) is 18.8. The predicted molar refractivity (Wildman–Crippen MR) is 126 cm³/mol. The van der Waals surface area contributed by atoms with E-state index in [4.69, 9.17) is 15.6 Å². The van der Waals surface area contributed by atoms with Gasteiger partial charge >= 0.3 is 18.0 Å². The Morgan fingerprint density at radius 3 is 2.48 bits per heavy atom. The van der Waals surface area contributed by atoms with Gasteiger partial charge in [-0.15, -0.1) is 11.3 Å². The Kier molecular flexibility index (Phi) is 7.63. The monoisotopic (exact) mass is 474 g/mol. The zero-order chi connectivity index (χ0) is 24.2. The van der Waals surface area contributed by atoms with Crippen LogP contribution in [0.5, 0.6) is 5.75 Å². The highest BCUT2D eigenvalue weighted by Gasteiger charge is 2.40. The molecule has 3 rings (SSSR count). The molecule has 1 fully saturated rings. The molecule has 0 aliphatic heterocycles. The highest BCUT2D eigenvalue weighted by atomic mass is 32.1. The first kappa shape index (κ1) is 24.6. The Balaban J connectivity index is 2.09. The number of ether oxygens (including phenoxy) is 1. The molecule has 1 atom stereocenters. The molecule has 5 N–H and O–H groups in total. The number of hydrogen-bond donors (Lipinski definition) is 4. The number of urea groups is 1. The number of primary amides is 1. The van der Waals surface area contributed by atoms with E-state index in [0.717, 1.165) is 48.1 Å². The summed E-state index contributed by atoms with van der Waals surface area (Å²) in [6.45, 7) is 3.13. The number of thiophene rings is 1. The first-order valence-corrected chi connectivity index (χ1v) is 11.9. The summed E-state index contributed by atoms with van der Waals surface area (Å²) in [7, 11) is 0. The minimum Gasteiger partial charge on any atom is -0.480 e. The van der Waals surface area contributed by atoms with Crippen molar-refractivity contribution in [3.05, 3.63) is 40.3 Å². The van der Waals surface area contributed by atoms with Crippen molar-refractivity contribution in [3.63, 3.8) is 0 Å². The Morgan fingerprint density at radius 1 is 1.21 bits per heavy atom. The Bertz CT molecular complexity index is 1040. The maximum atomic E-state index is 12.0. The number of rotatable bonds is 9. The number of hydrogen-bond acceptors (Lipinski definition) is 5. The van der Waals surface area contributed by atoms with Gasteiger partial charge in [-0.3, -0.25) is 0 Å². The van der Waals surface area contributed by atoms with Crippen LogP contribution in [-0.4, -0.2) is 34.8 Å². The van der Waals surface area contributed by atoms with Crippen LogP contribution >= 0.6 is 11.3 Å². The van der Waals surface area contributed by atoms with Crippen molar-refractivity contribution in [2.75, 3.05) is 6.61 Å². The van der Waals surface area contributed by atoms with Gasteiger partial charge in [-0.1, -0.05) is 44.4 Å². The molecule has 8 nitrogen and oxygen atoms in total. The number of amides is 2. The summed E-state index contributed by atoms with van der Waals surface area (Å²) in [5, 5.41) is 21.6. The van der Waals surface area contributed by atoms with Gasteiger partial charge in [0.2, 0.25) is 0 Å². The summed E-state index contributed by atoms with van der Waals surface area (Å²) in [6, 6.07) is 7.14. The first-order valence-electron chi connectivity index (χ1n) is 11.1. The molecule has 1 aromatic carbocycles. The van der Waals surface area contributed by atoms with E-state index in [1.165, 1.54) is 6.42 Å². The minimum atomic E-state index is -1.18. The fraction of sp³-hybridized carbons (Fsp3) is 0.458. The molecule has 0 saturated heterocycles. The molecule has 2 aromatic rings. The van der Waals surface area contributed by atoms with Gasteiger partial charge in [-0.2, -0.15) is 0 Å². The third-order valence-electron chi connectivity index (χ3n) is 6.47. The van der Waals surface area contributed by atoms with E-state index in [1.807, 2.05) is 31.2 Å². The van der Waals surface area contributed by atoms with Crippen LogP contribution < -0.4 is 15.8 Å². The summed E-state index contributed by atoms with van der Waals surface area (Å²) in [5.74, 6) is -2.04. The standard InChI is InChI=1S/C24H30N2O6S/c1-3-24(26-23(25)31,16-9-5-4-6-10-16)17-11-7-8-15(12-17)20-14(2)19(32-13-18(27)28)21(33-20)22(29)30/h7-8,11-12,16H,3-6,9-10,13H2,1-2H3,(H,27,28)(H,29,30)(H3,25,26,31). The SMILES string of the molecule is CCC(NC(N)=O)(c1cccc(-c2sc(C(=O)O)c(OCC(=O)O)c2C)c1)C1CCCCC1. The molecule has 0 radical (unpaired) electrons. The van der Waals surface area contributed by atoms with Crippen molar-refractivity contribution >= 4 is 29.3 Å². The number of benzene rings is 1. The maximum Gasteiger partial charge on any atom is 0.349 e. The second kappa shape index (κ2) is 10.2. The molecule has 2 amide bonds. The van der Waals surface area contributed by atoms with E-state index >= 15 is 0 Å². The van der Waals surface area contributed by atoms with Crippen molar-refractivity contribution in [1.82, 2.24) is 5.32 Å². The fourth-order valence-corrected chi connectivity index (χ4v) is 6.05. The molecule has 1 aliphatic rings. The number of carbonyl (C=O) groups is 3. The number of aliphatic carboxylic acids is 1. The lowest BCUT2D eigenvalue weighted by Crippen LogP contribution is -2.53. The van der Waals surface area contributed by atoms with Crippen LogP contribution in [0.4, 0.5) is 4.79 Å². The molecular weight excluding hydrogens is 444 g/mol. The number of nitrogens with two attached hydrogens (primary N) is 1. The van der Waals surface area contributed by atoms with Crippen LogP contribution in [0.15, 0.2) is 24.3 Å². The number of carbonyl (C=O) groups excluding carboxylic acids is 1. The van der Waals surface area contributed by atoms with E-state index < -0.39 is 30.1 Å². The molecule has 0 spiro atoms. The van der Waals surface area contributed by atoms with Gasteiger partial charge in [0, 0.05) is 10.4 Å². The quantitative estimate of drug-likeness (QED) is 0.414. The summed E-state index contributed by atoms with van der Waals surface area (Å²) in [4.78, 5) is 35.4. The van der Waals surface area contributed by atoms with Crippen LogP contribution in [0.2, 0.25) is 0 Å².